The van der Waals surface area contributed by atoms with Gasteiger partial charge in [-0.2, -0.15) is 0 Å². The van der Waals surface area contributed by atoms with E-state index in [0.717, 1.165) is 12.8 Å². The van der Waals surface area contributed by atoms with E-state index >= 15 is 0 Å². The molecule has 0 N–H and O–H groups in total. The second-order valence-electron chi connectivity index (χ2n) is 3.73. The van der Waals surface area contributed by atoms with Gasteiger partial charge in [-0.05, 0) is 25.7 Å². The minimum atomic E-state index is 1.03. The van der Waals surface area contributed by atoms with Crippen LogP contribution in [0.5, 0.6) is 0 Å². The molecule has 0 atom stereocenters. The maximum Gasteiger partial charge on any atom is -0.0348 e. The van der Waals surface area contributed by atoms with Gasteiger partial charge >= 0.3 is 0 Å². The Morgan fingerprint density at radius 1 is 0.800 bits per heavy atom. The van der Waals surface area contributed by atoms with Crippen LogP contribution in [0, 0.1) is 6.92 Å². The normalized spacial score (nSPS) is 12.4. The topological polar surface area (TPSA) is 0 Å². The Bertz CT molecular complexity index is 184. The van der Waals surface area contributed by atoms with E-state index in [-0.39, 0.29) is 0 Å². The van der Waals surface area contributed by atoms with E-state index in [1.165, 1.54) is 32.1 Å². The predicted molar refractivity (Wildman–Crippen MR) is 70.8 cm³/mol. The quantitative estimate of drug-likeness (QED) is 0.357. The van der Waals surface area contributed by atoms with Crippen LogP contribution < -0.4 is 0 Å². The van der Waals surface area contributed by atoms with Crippen molar-refractivity contribution in [3.8, 4) is 0 Å². The monoisotopic (exact) mass is 205 g/mol. The van der Waals surface area contributed by atoms with E-state index in [0.29, 0.717) is 0 Å². The van der Waals surface area contributed by atoms with Crippen LogP contribution in [-0.2, 0) is 0 Å². The molecule has 0 bridgehead atoms. The summed E-state index contributed by atoms with van der Waals surface area (Å²) in [5.41, 5.74) is 0. The summed E-state index contributed by atoms with van der Waals surface area (Å²) in [4.78, 5) is 0. The third-order valence-corrected chi connectivity index (χ3v) is 2.20. The smallest absolute Gasteiger partial charge is 0.0348 e. The number of hydrogen-bond donors (Lipinski definition) is 0. The van der Waals surface area contributed by atoms with Gasteiger partial charge in [0.05, 0.1) is 0 Å². The molecule has 1 radical (unpaired) electrons. The molecule has 0 saturated heterocycles. The number of rotatable bonds is 9. The van der Waals surface area contributed by atoms with E-state index in [1.807, 2.05) is 0 Å². The molecule has 0 aliphatic carbocycles. The molecular weight excluding hydrogens is 180 g/mol. The first kappa shape index (κ1) is 14.2. The Morgan fingerprint density at radius 3 is 1.93 bits per heavy atom. The van der Waals surface area contributed by atoms with Crippen molar-refractivity contribution in [1.82, 2.24) is 0 Å². The van der Waals surface area contributed by atoms with Gasteiger partial charge in [0.1, 0.15) is 0 Å². The highest BCUT2D eigenvalue weighted by atomic mass is 13.9. The van der Waals surface area contributed by atoms with Crippen molar-refractivity contribution < 1.29 is 0 Å². The van der Waals surface area contributed by atoms with Crippen molar-refractivity contribution in [2.45, 2.75) is 51.9 Å². The standard InChI is InChI=1S/C15H25/c1-3-5-7-9-11-13-15-14-12-10-8-6-4-2/h9,11-15H,1,3-8,10H2,2H3/b11-9+,14-12+,15-13+. The highest BCUT2D eigenvalue weighted by Crippen LogP contribution is 1.99. The van der Waals surface area contributed by atoms with Gasteiger partial charge in [0.25, 0.3) is 0 Å². The van der Waals surface area contributed by atoms with Crippen LogP contribution in [0.4, 0.5) is 0 Å². The zero-order valence-electron chi connectivity index (χ0n) is 10.1. The highest BCUT2D eigenvalue weighted by molar-refractivity contribution is 5.10. The van der Waals surface area contributed by atoms with Gasteiger partial charge in [0, 0.05) is 0 Å². The molecule has 0 aromatic rings. The lowest BCUT2D eigenvalue weighted by atomic mass is 10.2. The fourth-order valence-electron chi connectivity index (χ4n) is 1.25. The maximum atomic E-state index is 3.81. The van der Waals surface area contributed by atoms with Crippen molar-refractivity contribution in [2.24, 2.45) is 0 Å². The minimum Gasteiger partial charge on any atom is -0.0845 e. The molecule has 0 aliphatic heterocycles. The van der Waals surface area contributed by atoms with Gasteiger partial charge in [-0.25, -0.2) is 0 Å². The van der Waals surface area contributed by atoms with Crippen molar-refractivity contribution >= 4 is 0 Å². The van der Waals surface area contributed by atoms with Crippen molar-refractivity contribution in [2.75, 3.05) is 0 Å². The molecule has 0 spiro atoms. The lowest BCUT2D eigenvalue weighted by Crippen LogP contribution is -1.69. The van der Waals surface area contributed by atoms with Crippen molar-refractivity contribution in [3.05, 3.63) is 43.4 Å². The first-order chi connectivity index (χ1) is 7.41. The summed E-state index contributed by atoms with van der Waals surface area (Å²) in [6.07, 6.45) is 21.5. The molecular formula is C15H25. The SMILES string of the molecule is [CH2]CCC/C=C/C=C/C=C/CCCCC. The minimum absolute atomic E-state index is 1.03. The summed E-state index contributed by atoms with van der Waals surface area (Å²) < 4.78 is 0. The largest absolute Gasteiger partial charge is 0.0845 e. The number of hydrogen-bond acceptors (Lipinski definition) is 0. The zero-order valence-corrected chi connectivity index (χ0v) is 10.1. The summed E-state index contributed by atoms with van der Waals surface area (Å²) >= 11 is 0. The Morgan fingerprint density at radius 2 is 1.40 bits per heavy atom. The molecule has 0 rings (SSSR count). The van der Waals surface area contributed by atoms with Gasteiger partial charge < -0.3 is 0 Å². The summed E-state index contributed by atoms with van der Waals surface area (Å²) in [7, 11) is 0. The third-order valence-electron chi connectivity index (χ3n) is 2.20. The van der Waals surface area contributed by atoms with Crippen LogP contribution in [0.15, 0.2) is 36.5 Å². The van der Waals surface area contributed by atoms with Crippen molar-refractivity contribution in [1.29, 1.82) is 0 Å². The molecule has 0 nitrogen and oxygen atoms in total. The fourth-order valence-corrected chi connectivity index (χ4v) is 1.25. The van der Waals surface area contributed by atoms with Crippen LogP contribution >= 0.6 is 0 Å². The molecule has 15 heavy (non-hydrogen) atoms. The Labute approximate surface area is 95.8 Å². The lowest BCUT2D eigenvalue weighted by Gasteiger charge is -1.89. The molecule has 0 aromatic heterocycles. The summed E-state index contributed by atoms with van der Waals surface area (Å²) in [5.74, 6) is 0. The molecule has 0 saturated carbocycles. The molecule has 0 heterocycles. The number of unbranched alkanes of at least 4 members (excludes halogenated alkanes) is 5. The molecule has 85 valence electrons. The molecule has 0 heteroatoms. The molecule has 0 aromatic carbocycles. The van der Waals surface area contributed by atoms with Gasteiger partial charge in [-0.15, -0.1) is 0 Å². The Hall–Kier alpha value is -0.780. The van der Waals surface area contributed by atoms with E-state index in [9.17, 15) is 0 Å². The first-order valence-electron chi connectivity index (χ1n) is 6.19. The maximum absolute atomic E-state index is 3.81. The van der Waals surface area contributed by atoms with Gasteiger partial charge in [0.15, 0.2) is 0 Å². The van der Waals surface area contributed by atoms with E-state index < -0.39 is 0 Å². The van der Waals surface area contributed by atoms with Crippen LogP contribution in [0.25, 0.3) is 0 Å². The average molecular weight is 205 g/mol. The number of allylic oxidation sites excluding steroid dienone is 6. The lowest BCUT2D eigenvalue weighted by molar-refractivity contribution is 0.729. The third kappa shape index (κ3) is 13.2. The Balaban J connectivity index is 3.32. The summed E-state index contributed by atoms with van der Waals surface area (Å²) in [5, 5.41) is 0. The van der Waals surface area contributed by atoms with Gasteiger partial charge in [-0.1, -0.05) is 69.6 Å². The average Bonchev–Trinajstić information content (AvgIpc) is 2.26. The Kier molecular flexibility index (Phi) is 12.5. The van der Waals surface area contributed by atoms with Crippen molar-refractivity contribution in [3.63, 3.8) is 0 Å². The van der Waals surface area contributed by atoms with Crippen LogP contribution in [0.3, 0.4) is 0 Å². The van der Waals surface area contributed by atoms with Crippen LogP contribution in [0.2, 0.25) is 0 Å². The second-order valence-corrected chi connectivity index (χ2v) is 3.73. The molecule has 0 amide bonds. The first-order valence-corrected chi connectivity index (χ1v) is 6.19. The van der Waals surface area contributed by atoms with Gasteiger partial charge in [0.2, 0.25) is 0 Å². The van der Waals surface area contributed by atoms with E-state index in [1.54, 1.807) is 0 Å². The van der Waals surface area contributed by atoms with Crippen LogP contribution in [-0.4, -0.2) is 0 Å². The summed E-state index contributed by atoms with van der Waals surface area (Å²) in [6.45, 7) is 6.04. The molecule has 0 fully saturated rings. The second kappa shape index (κ2) is 13.2. The molecule has 0 unspecified atom stereocenters. The highest BCUT2D eigenvalue weighted by Gasteiger charge is 1.79. The van der Waals surface area contributed by atoms with Gasteiger partial charge in [-0.3, -0.25) is 0 Å². The fraction of sp³-hybridized carbons (Fsp3) is 0.533. The van der Waals surface area contributed by atoms with E-state index in [2.05, 4.69) is 50.3 Å². The molecule has 0 aliphatic rings. The van der Waals surface area contributed by atoms with Crippen LogP contribution in [0.1, 0.15) is 51.9 Å². The van der Waals surface area contributed by atoms with E-state index in [4.69, 9.17) is 0 Å². The zero-order chi connectivity index (χ0) is 11.2. The summed E-state index contributed by atoms with van der Waals surface area (Å²) in [6, 6.07) is 0. The predicted octanol–water partition coefficient (Wildman–Crippen LogP) is 5.24.